The summed E-state index contributed by atoms with van der Waals surface area (Å²) in [5.74, 6) is -0.231. The third kappa shape index (κ3) is 3.76. The Morgan fingerprint density at radius 2 is 1.71 bits per heavy atom. The standard InChI is InChI=1S/C28H22ClFN2O2S/c29-27-24(35-23-12-6-5-11-22(23)32(33)34)15-19-26(27)25-17-8-2-1-7-16(17)13-14-21(25)31-28(19)18-9-3-4-10-20(18)30/h1-14,19,24,26-28,31H,15H2/t19-,24+,26-,27-,28-/m0/s1. The van der Waals surface area contributed by atoms with Gasteiger partial charge in [0.15, 0.2) is 0 Å². The molecule has 7 heteroatoms. The molecule has 6 rings (SSSR count). The fraction of sp³-hybridized carbons (Fsp3) is 0.214. The summed E-state index contributed by atoms with van der Waals surface area (Å²) in [6.07, 6.45) is 0.713. The van der Waals surface area contributed by atoms with Crippen molar-refractivity contribution in [3.8, 4) is 0 Å². The Morgan fingerprint density at radius 1 is 0.971 bits per heavy atom. The van der Waals surface area contributed by atoms with Gasteiger partial charge in [0.1, 0.15) is 5.82 Å². The Bertz CT molecular complexity index is 1450. The van der Waals surface area contributed by atoms with Gasteiger partial charge in [0.2, 0.25) is 0 Å². The largest absolute Gasteiger partial charge is 0.378 e. The predicted molar refractivity (Wildman–Crippen MR) is 140 cm³/mol. The summed E-state index contributed by atoms with van der Waals surface area (Å²) in [6, 6.07) is 25.8. The molecule has 1 fully saturated rings. The van der Waals surface area contributed by atoms with Crippen molar-refractivity contribution >= 4 is 45.5 Å². The molecule has 0 saturated heterocycles. The Kier molecular flexibility index (Phi) is 5.66. The van der Waals surface area contributed by atoms with Gasteiger partial charge in [-0.2, -0.15) is 0 Å². The summed E-state index contributed by atoms with van der Waals surface area (Å²) in [6.45, 7) is 0. The minimum absolute atomic E-state index is 0.0242. The van der Waals surface area contributed by atoms with Crippen LogP contribution in [0.5, 0.6) is 0 Å². The lowest BCUT2D eigenvalue weighted by atomic mass is 9.75. The molecule has 1 heterocycles. The average Bonchev–Trinajstić information content (AvgIpc) is 3.19. The van der Waals surface area contributed by atoms with Crippen LogP contribution in [0.4, 0.5) is 15.8 Å². The van der Waals surface area contributed by atoms with Crippen molar-refractivity contribution < 1.29 is 9.31 Å². The molecular weight excluding hydrogens is 483 g/mol. The van der Waals surface area contributed by atoms with Gasteiger partial charge in [-0.3, -0.25) is 10.1 Å². The van der Waals surface area contributed by atoms with Crippen molar-refractivity contribution in [1.82, 2.24) is 0 Å². The second-order valence-corrected chi connectivity index (χ2v) is 10.9. The Labute approximate surface area is 211 Å². The molecule has 0 aromatic heterocycles. The van der Waals surface area contributed by atoms with Gasteiger partial charge in [0, 0.05) is 28.5 Å². The first-order valence-electron chi connectivity index (χ1n) is 11.6. The Hall–Kier alpha value is -3.09. The van der Waals surface area contributed by atoms with Crippen LogP contribution in [-0.2, 0) is 0 Å². The fourth-order valence-electron chi connectivity index (χ4n) is 5.80. The van der Waals surface area contributed by atoms with Crippen LogP contribution in [0.25, 0.3) is 10.8 Å². The van der Waals surface area contributed by atoms with Crippen molar-refractivity contribution in [3.63, 3.8) is 0 Å². The number of para-hydroxylation sites is 1. The third-order valence-corrected chi connectivity index (χ3v) is 9.40. The highest BCUT2D eigenvalue weighted by Gasteiger charge is 2.51. The first kappa shape index (κ1) is 22.4. The van der Waals surface area contributed by atoms with Crippen LogP contribution < -0.4 is 5.32 Å². The van der Waals surface area contributed by atoms with Crippen molar-refractivity contribution in [2.75, 3.05) is 5.32 Å². The van der Waals surface area contributed by atoms with E-state index in [2.05, 4.69) is 29.6 Å². The number of halogens is 2. The molecular formula is C28H22ClFN2O2S. The second-order valence-electron chi connectivity index (χ2n) is 9.14. The number of anilines is 1. The first-order chi connectivity index (χ1) is 17.0. The highest BCUT2D eigenvalue weighted by molar-refractivity contribution is 8.00. The lowest BCUT2D eigenvalue weighted by Gasteiger charge is -2.39. The first-order valence-corrected chi connectivity index (χ1v) is 12.9. The molecule has 0 radical (unpaired) electrons. The van der Waals surface area contributed by atoms with Gasteiger partial charge in [-0.05, 0) is 46.9 Å². The number of nitrogens with one attached hydrogen (secondary N) is 1. The number of alkyl halides is 1. The summed E-state index contributed by atoms with van der Waals surface area (Å²) < 4.78 is 15.0. The molecule has 0 unspecified atom stereocenters. The van der Waals surface area contributed by atoms with Crippen LogP contribution in [0.2, 0.25) is 0 Å². The summed E-state index contributed by atoms with van der Waals surface area (Å²) in [4.78, 5) is 11.9. The smallest absolute Gasteiger partial charge is 0.282 e. The zero-order valence-electron chi connectivity index (χ0n) is 18.6. The summed E-state index contributed by atoms with van der Waals surface area (Å²) >= 11 is 8.71. The molecule has 4 aromatic carbocycles. The van der Waals surface area contributed by atoms with Crippen LogP contribution in [0.1, 0.15) is 29.5 Å². The zero-order chi connectivity index (χ0) is 24.1. The van der Waals surface area contributed by atoms with Gasteiger partial charge >= 0.3 is 0 Å². The van der Waals surface area contributed by atoms with E-state index in [1.54, 1.807) is 18.2 Å². The van der Waals surface area contributed by atoms with Gasteiger partial charge in [0.05, 0.1) is 21.2 Å². The topological polar surface area (TPSA) is 55.2 Å². The zero-order valence-corrected chi connectivity index (χ0v) is 20.2. The molecule has 176 valence electrons. The Morgan fingerprint density at radius 3 is 2.54 bits per heavy atom. The number of nitro groups is 1. The van der Waals surface area contributed by atoms with E-state index in [0.29, 0.717) is 16.9 Å². The molecule has 35 heavy (non-hydrogen) atoms. The van der Waals surface area contributed by atoms with Gasteiger partial charge in [-0.25, -0.2) is 4.39 Å². The quantitative estimate of drug-likeness (QED) is 0.174. The van der Waals surface area contributed by atoms with E-state index in [0.717, 1.165) is 22.0 Å². The maximum absolute atomic E-state index is 15.0. The average molecular weight is 505 g/mol. The van der Waals surface area contributed by atoms with Gasteiger partial charge in [-0.1, -0.05) is 60.7 Å². The number of nitro benzene ring substituents is 1. The van der Waals surface area contributed by atoms with Crippen LogP contribution in [0.3, 0.4) is 0 Å². The van der Waals surface area contributed by atoms with E-state index >= 15 is 0 Å². The lowest BCUT2D eigenvalue weighted by molar-refractivity contribution is -0.387. The number of hydrogen-bond acceptors (Lipinski definition) is 4. The van der Waals surface area contributed by atoms with E-state index in [1.807, 2.05) is 30.3 Å². The fourth-order valence-corrected chi connectivity index (χ4v) is 7.74. The van der Waals surface area contributed by atoms with E-state index in [4.69, 9.17) is 11.6 Å². The van der Waals surface area contributed by atoms with E-state index in [-0.39, 0.29) is 44.9 Å². The number of fused-ring (bicyclic) bond motifs is 5. The highest BCUT2D eigenvalue weighted by atomic mass is 35.5. The normalized spacial score (nSPS) is 25.0. The number of hydrogen-bond donors (Lipinski definition) is 1. The number of thioether (sulfide) groups is 1. The maximum atomic E-state index is 15.0. The summed E-state index contributed by atoms with van der Waals surface area (Å²) in [7, 11) is 0. The van der Waals surface area contributed by atoms with Crippen molar-refractivity contribution in [2.24, 2.45) is 5.92 Å². The molecule has 5 atom stereocenters. The van der Waals surface area contributed by atoms with Crippen molar-refractivity contribution in [3.05, 3.63) is 112 Å². The molecule has 1 aliphatic carbocycles. The second kappa shape index (κ2) is 8.85. The van der Waals surface area contributed by atoms with Crippen molar-refractivity contribution in [1.29, 1.82) is 0 Å². The molecule has 1 N–H and O–H groups in total. The van der Waals surface area contributed by atoms with Crippen LogP contribution in [-0.4, -0.2) is 15.6 Å². The number of rotatable bonds is 4. The maximum Gasteiger partial charge on any atom is 0.282 e. The molecule has 0 amide bonds. The van der Waals surface area contributed by atoms with Crippen LogP contribution in [0.15, 0.2) is 89.8 Å². The summed E-state index contributed by atoms with van der Waals surface area (Å²) in [5.41, 5.74) is 2.85. The molecule has 4 nitrogen and oxygen atoms in total. The molecule has 0 spiro atoms. The SMILES string of the molecule is O=[N+]([O-])c1ccccc1S[C@@H]1C[C@H]2[C@@H](c3c(ccc4ccccc34)N[C@H]2c2ccccc2F)[C@H]1Cl. The van der Waals surface area contributed by atoms with Gasteiger partial charge in [-0.15, -0.1) is 23.4 Å². The molecule has 2 aliphatic rings. The van der Waals surface area contributed by atoms with Gasteiger partial charge in [0.25, 0.3) is 5.69 Å². The van der Waals surface area contributed by atoms with Gasteiger partial charge < -0.3 is 5.32 Å². The minimum Gasteiger partial charge on any atom is -0.378 e. The molecule has 0 bridgehead atoms. The molecule has 4 aromatic rings. The third-order valence-electron chi connectivity index (χ3n) is 7.29. The van der Waals surface area contributed by atoms with Crippen LogP contribution >= 0.6 is 23.4 Å². The lowest BCUT2D eigenvalue weighted by Crippen LogP contribution is -2.31. The van der Waals surface area contributed by atoms with Crippen LogP contribution in [0, 0.1) is 21.8 Å². The number of benzene rings is 4. The predicted octanol–water partition coefficient (Wildman–Crippen LogP) is 7.93. The summed E-state index contributed by atoms with van der Waals surface area (Å²) in [5, 5.41) is 17.2. The molecule has 1 aliphatic heterocycles. The van der Waals surface area contributed by atoms with Crippen molar-refractivity contribution in [2.45, 2.75) is 33.9 Å². The highest BCUT2D eigenvalue weighted by Crippen LogP contribution is 2.59. The monoisotopic (exact) mass is 504 g/mol. The van der Waals surface area contributed by atoms with E-state index < -0.39 is 0 Å². The molecule has 1 saturated carbocycles. The Balaban J connectivity index is 1.47. The minimum atomic E-state index is -0.347. The van der Waals surface area contributed by atoms with E-state index in [1.165, 1.54) is 23.9 Å². The number of nitrogens with zero attached hydrogens (tertiary/aromatic N) is 1. The van der Waals surface area contributed by atoms with E-state index in [9.17, 15) is 14.5 Å².